The SMILES string of the molecule is COC1=C(C(C)(C)C(C)C)C(=O)C(=O)c2ccccc21. The number of benzene rings is 1. The summed E-state index contributed by atoms with van der Waals surface area (Å²) in [6.45, 7) is 8.04. The van der Waals surface area contributed by atoms with Crippen molar-refractivity contribution in [3.05, 3.63) is 41.0 Å². The van der Waals surface area contributed by atoms with E-state index in [1.807, 2.05) is 39.8 Å². The van der Waals surface area contributed by atoms with Gasteiger partial charge < -0.3 is 4.74 Å². The van der Waals surface area contributed by atoms with Crippen LogP contribution in [0, 0.1) is 11.3 Å². The van der Waals surface area contributed by atoms with Crippen LogP contribution in [0.5, 0.6) is 0 Å². The van der Waals surface area contributed by atoms with Gasteiger partial charge in [0.05, 0.1) is 12.7 Å². The molecule has 20 heavy (non-hydrogen) atoms. The summed E-state index contributed by atoms with van der Waals surface area (Å²) < 4.78 is 5.49. The van der Waals surface area contributed by atoms with Gasteiger partial charge in [-0.15, -0.1) is 0 Å². The number of hydrogen-bond donors (Lipinski definition) is 0. The number of carbonyl (C=O) groups excluding carboxylic acids is 2. The van der Waals surface area contributed by atoms with Gasteiger partial charge in [0, 0.05) is 11.1 Å². The molecule has 0 N–H and O–H groups in total. The Hall–Kier alpha value is -1.90. The van der Waals surface area contributed by atoms with Gasteiger partial charge >= 0.3 is 0 Å². The van der Waals surface area contributed by atoms with Crippen molar-refractivity contribution in [3.8, 4) is 0 Å². The van der Waals surface area contributed by atoms with Crippen molar-refractivity contribution in [1.29, 1.82) is 0 Å². The van der Waals surface area contributed by atoms with E-state index in [4.69, 9.17) is 4.74 Å². The van der Waals surface area contributed by atoms with Crippen LogP contribution in [0.15, 0.2) is 29.8 Å². The molecule has 0 fully saturated rings. The topological polar surface area (TPSA) is 43.4 Å². The molecule has 0 heterocycles. The Morgan fingerprint density at radius 1 is 1.00 bits per heavy atom. The van der Waals surface area contributed by atoms with Crippen molar-refractivity contribution in [2.45, 2.75) is 27.7 Å². The molecule has 1 aromatic carbocycles. The largest absolute Gasteiger partial charge is 0.496 e. The highest BCUT2D eigenvalue weighted by Crippen LogP contribution is 2.43. The van der Waals surface area contributed by atoms with Crippen molar-refractivity contribution in [3.63, 3.8) is 0 Å². The Kier molecular flexibility index (Phi) is 3.55. The molecule has 3 nitrogen and oxygen atoms in total. The van der Waals surface area contributed by atoms with Gasteiger partial charge in [-0.3, -0.25) is 9.59 Å². The number of allylic oxidation sites excluding steroid dienone is 1. The van der Waals surface area contributed by atoms with Crippen LogP contribution in [0.3, 0.4) is 0 Å². The van der Waals surface area contributed by atoms with E-state index in [1.54, 1.807) is 19.2 Å². The van der Waals surface area contributed by atoms with Crippen molar-refractivity contribution >= 4 is 17.3 Å². The summed E-state index contributed by atoms with van der Waals surface area (Å²) >= 11 is 0. The van der Waals surface area contributed by atoms with Crippen molar-refractivity contribution in [2.75, 3.05) is 7.11 Å². The quantitative estimate of drug-likeness (QED) is 0.791. The summed E-state index contributed by atoms with van der Waals surface area (Å²) in [5, 5.41) is 0. The van der Waals surface area contributed by atoms with E-state index in [0.29, 0.717) is 22.5 Å². The number of rotatable bonds is 3. The van der Waals surface area contributed by atoms with E-state index in [0.717, 1.165) is 0 Å². The normalized spacial score (nSPS) is 15.7. The Balaban J connectivity index is 2.79. The Morgan fingerprint density at radius 3 is 2.05 bits per heavy atom. The maximum absolute atomic E-state index is 12.5. The number of Topliss-reactive ketones (excluding diaryl/α,β-unsaturated/α-hetero) is 2. The van der Waals surface area contributed by atoms with Gasteiger partial charge in [-0.2, -0.15) is 0 Å². The maximum Gasteiger partial charge on any atom is 0.234 e. The molecular formula is C17H20O3. The Bertz CT molecular complexity index is 606. The predicted molar refractivity (Wildman–Crippen MR) is 78.3 cm³/mol. The fraction of sp³-hybridized carbons (Fsp3) is 0.412. The average Bonchev–Trinajstić information content (AvgIpc) is 2.42. The van der Waals surface area contributed by atoms with Gasteiger partial charge in [-0.1, -0.05) is 52.0 Å². The first-order valence-electron chi connectivity index (χ1n) is 6.79. The molecule has 3 heteroatoms. The van der Waals surface area contributed by atoms with E-state index in [1.165, 1.54) is 0 Å². The van der Waals surface area contributed by atoms with Crippen molar-refractivity contribution in [2.24, 2.45) is 11.3 Å². The second kappa shape index (κ2) is 4.89. The molecule has 0 aromatic heterocycles. The lowest BCUT2D eigenvalue weighted by Gasteiger charge is -2.34. The summed E-state index contributed by atoms with van der Waals surface area (Å²) in [6, 6.07) is 7.11. The zero-order valence-corrected chi connectivity index (χ0v) is 12.6. The number of ether oxygens (including phenoxy) is 1. The summed E-state index contributed by atoms with van der Waals surface area (Å²) in [5.74, 6) is -0.141. The molecule has 2 rings (SSSR count). The standard InChI is InChI=1S/C17H20O3/c1-10(2)17(3,4)13-15(19)14(18)11-8-6-7-9-12(11)16(13)20-5/h6-10H,1-5H3. The first-order chi connectivity index (χ1) is 9.32. The molecule has 1 aliphatic carbocycles. The minimum absolute atomic E-state index is 0.213. The van der Waals surface area contributed by atoms with Crippen LogP contribution in [-0.2, 0) is 9.53 Å². The molecule has 0 aliphatic heterocycles. The third-order valence-corrected chi connectivity index (χ3v) is 4.37. The molecule has 0 spiro atoms. The highest BCUT2D eigenvalue weighted by atomic mass is 16.5. The fourth-order valence-electron chi connectivity index (χ4n) is 2.44. The summed E-state index contributed by atoms with van der Waals surface area (Å²) in [7, 11) is 1.55. The van der Waals surface area contributed by atoms with Crippen LogP contribution in [0.4, 0.5) is 0 Å². The van der Waals surface area contributed by atoms with E-state index in [-0.39, 0.29) is 5.92 Å². The van der Waals surface area contributed by atoms with Gasteiger partial charge in [0.15, 0.2) is 0 Å². The molecule has 1 aliphatic rings. The Morgan fingerprint density at radius 2 is 1.55 bits per heavy atom. The highest BCUT2D eigenvalue weighted by molar-refractivity contribution is 6.52. The van der Waals surface area contributed by atoms with E-state index in [2.05, 4.69) is 0 Å². The summed E-state index contributed by atoms with van der Waals surface area (Å²) in [4.78, 5) is 24.8. The third kappa shape index (κ3) is 1.98. The van der Waals surface area contributed by atoms with Crippen LogP contribution >= 0.6 is 0 Å². The first kappa shape index (κ1) is 14.5. The van der Waals surface area contributed by atoms with Gasteiger partial charge in [-0.25, -0.2) is 0 Å². The number of carbonyl (C=O) groups is 2. The highest BCUT2D eigenvalue weighted by Gasteiger charge is 2.42. The second-order valence-corrected chi connectivity index (χ2v) is 5.99. The average molecular weight is 272 g/mol. The fourth-order valence-corrected chi connectivity index (χ4v) is 2.44. The van der Waals surface area contributed by atoms with Gasteiger partial charge in [-0.05, 0) is 11.3 Å². The molecule has 0 saturated heterocycles. The van der Waals surface area contributed by atoms with E-state index < -0.39 is 17.0 Å². The van der Waals surface area contributed by atoms with Crippen LogP contribution in [-0.4, -0.2) is 18.7 Å². The molecule has 0 bridgehead atoms. The smallest absolute Gasteiger partial charge is 0.234 e. The molecule has 106 valence electrons. The lowest BCUT2D eigenvalue weighted by molar-refractivity contribution is -0.113. The Labute approximate surface area is 119 Å². The van der Waals surface area contributed by atoms with Crippen LogP contribution in [0.25, 0.3) is 5.76 Å². The monoisotopic (exact) mass is 272 g/mol. The summed E-state index contributed by atoms with van der Waals surface area (Å²) in [5.41, 5.74) is 1.20. The number of methoxy groups -OCH3 is 1. The lowest BCUT2D eigenvalue weighted by Crippen LogP contribution is -2.35. The lowest BCUT2D eigenvalue weighted by atomic mass is 9.69. The second-order valence-electron chi connectivity index (χ2n) is 5.99. The zero-order chi connectivity index (χ0) is 15.1. The molecule has 0 unspecified atom stereocenters. The molecule has 0 radical (unpaired) electrons. The molecule has 0 atom stereocenters. The minimum Gasteiger partial charge on any atom is -0.496 e. The van der Waals surface area contributed by atoms with Gasteiger partial charge in [0.25, 0.3) is 0 Å². The van der Waals surface area contributed by atoms with Crippen LogP contribution < -0.4 is 0 Å². The van der Waals surface area contributed by atoms with Crippen LogP contribution in [0.1, 0.15) is 43.6 Å². The molecular weight excluding hydrogens is 252 g/mol. The van der Waals surface area contributed by atoms with Gasteiger partial charge in [0.1, 0.15) is 5.76 Å². The van der Waals surface area contributed by atoms with Crippen molar-refractivity contribution in [1.82, 2.24) is 0 Å². The first-order valence-corrected chi connectivity index (χ1v) is 6.79. The maximum atomic E-state index is 12.5. The minimum atomic E-state index is -0.445. The number of fused-ring (bicyclic) bond motifs is 1. The number of ketones is 2. The third-order valence-electron chi connectivity index (χ3n) is 4.37. The zero-order valence-electron chi connectivity index (χ0n) is 12.6. The van der Waals surface area contributed by atoms with Crippen LogP contribution in [0.2, 0.25) is 0 Å². The molecule has 0 amide bonds. The van der Waals surface area contributed by atoms with Gasteiger partial charge in [0.2, 0.25) is 11.6 Å². The van der Waals surface area contributed by atoms with E-state index in [9.17, 15) is 9.59 Å². The van der Waals surface area contributed by atoms with Crippen molar-refractivity contribution < 1.29 is 14.3 Å². The predicted octanol–water partition coefficient (Wildman–Crippen LogP) is 3.49. The molecule has 1 aromatic rings. The molecule has 0 saturated carbocycles. The number of hydrogen-bond acceptors (Lipinski definition) is 3. The summed E-state index contributed by atoms with van der Waals surface area (Å²) in [6.07, 6.45) is 0. The van der Waals surface area contributed by atoms with E-state index >= 15 is 0 Å².